The molecule has 0 aliphatic carbocycles. The first-order valence-corrected chi connectivity index (χ1v) is 6.06. The molecule has 1 aromatic heterocycles. The van der Waals surface area contributed by atoms with Crippen molar-refractivity contribution in [3.05, 3.63) is 17.4 Å². The van der Waals surface area contributed by atoms with Gasteiger partial charge in [-0.25, -0.2) is 9.97 Å². The van der Waals surface area contributed by atoms with Crippen molar-refractivity contribution in [2.45, 2.75) is 25.3 Å². The average molecular weight is 277 g/mol. The van der Waals surface area contributed by atoms with Gasteiger partial charge >= 0.3 is 0 Å². The third kappa shape index (κ3) is 4.30. The Morgan fingerprint density at radius 2 is 2.35 bits per heavy atom. The van der Waals surface area contributed by atoms with E-state index in [1.165, 1.54) is 19.3 Å². The number of halogens is 2. The van der Waals surface area contributed by atoms with Crippen LogP contribution in [-0.2, 0) is 0 Å². The van der Waals surface area contributed by atoms with Gasteiger partial charge in [-0.1, -0.05) is 18.0 Å². The summed E-state index contributed by atoms with van der Waals surface area (Å²) in [6.45, 7) is 2.05. The maximum atomic E-state index is 5.84. The molecule has 1 aromatic rings. The predicted molar refractivity (Wildman–Crippen MR) is 73.2 cm³/mol. The monoisotopic (exact) mass is 276 g/mol. The summed E-state index contributed by atoms with van der Waals surface area (Å²) in [6, 6.07) is 2.24. The summed E-state index contributed by atoms with van der Waals surface area (Å²) in [7, 11) is 2.00. The lowest BCUT2D eigenvalue weighted by Crippen LogP contribution is -2.42. The van der Waals surface area contributed by atoms with Crippen LogP contribution in [0, 0.1) is 0 Å². The van der Waals surface area contributed by atoms with E-state index in [-0.39, 0.29) is 12.4 Å². The molecule has 0 spiro atoms. The van der Waals surface area contributed by atoms with E-state index in [1.807, 2.05) is 7.05 Å². The van der Waals surface area contributed by atoms with Crippen molar-refractivity contribution in [1.29, 1.82) is 0 Å². The van der Waals surface area contributed by atoms with Crippen LogP contribution in [0.4, 0.5) is 5.95 Å². The molecule has 1 unspecified atom stereocenters. The van der Waals surface area contributed by atoms with E-state index in [9.17, 15) is 0 Å². The minimum atomic E-state index is 0. The maximum Gasteiger partial charge on any atom is 0.226 e. The number of hydrogen-bond donors (Lipinski definition) is 1. The fourth-order valence-corrected chi connectivity index (χ4v) is 2.14. The molecule has 0 amide bonds. The zero-order chi connectivity index (χ0) is 11.4. The van der Waals surface area contributed by atoms with Gasteiger partial charge in [0.25, 0.3) is 0 Å². The Bertz CT molecular complexity index is 342. The van der Waals surface area contributed by atoms with Crippen molar-refractivity contribution in [3.63, 3.8) is 0 Å². The Morgan fingerprint density at radius 1 is 1.53 bits per heavy atom. The summed E-state index contributed by atoms with van der Waals surface area (Å²) in [5.74, 6) is 0.694. The minimum Gasteiger partial charge on any atom is -0.342 e. The van der Waals surface area contributed by atoms with Crippen LogP contribution in [0.5, 0.6) is 0 Å². The summed E-state index contributed by atoms with van der Waals surface area (Å²) >= 11 is 5.84. The van der Waals surface area contributed by atoms with Gasteiger partial charge < -0.3 is 10.2 Å². The average Bonchev–Trinajstić information content (AvgIpc) is 2.30. The Labute approximate surface area is 113 Å². The lowest BCUT2D eigenvalue weighted by Gasteiger charge is -2.28. The molecule has 1 saturated heterocycles. The van der Waals surface area contributed by atoms with E-state index in [1.54, 1.807) is 12.3 Å². The van der Waals surface area contributed by atoms with Crippen molar-refractivity contribution >= 4 is 30.0 Å². The van der Waals surface area contributed by atoms with Gasteiger partial charge in [-0.3, -0.25) is 0 Å². The van der Waals surface area contributed by atoms with Crippen LogP contribution in [0.1, 0.15) is 19.3 Å². The molecule has 96 valence electrons. The number of nitrogens with one attached hydrogen (secondary N) is 1. The molecule has 2 rings (SSSR count). The molecule has 0 saturated carbocycles. The zero-order valence-electron chi connectivity index (χ0n) is 9.90. The van der Waals surface area contributed by atoms with E-state index in [0.29, 0.717) is 17.1 Å². The molecule has 1 aliphatic rings. The second-order valence-electron chi connectivity index (χ2n) is 4.21. The smallest absolute Gasteiger partial charge is 0.226 e. The number of rotatable bonds is 3. The van der Waals surface area contributed by atoms with Crippen molar-refractivity contribution in [1.82, 2.24) is 15.3 Å². The zero-order valence-corrected chi connectivity index (χ0v) is 11.5. The van der Waals surface area contributed by atoms with Crippen LogP contribution in [0.25, 0.3) is 0 Å². The summed E-state index contributed by atoms with van der Waals surface area (Å²) < 4.78 is 0. The fourth-order valence-electron chi connectivity index (χ4n) is 2.00. The number of nitrogens with zero attached hydrogens (tertiary/aromatic N) is 3. The normalized spacial score (nSPS) is 19.5. The summed E-state index contributed by atoms with van der Waals surface area (Å²) in [4.78, 5) is 10.4. The molecule has 1 N–H and O–H groups in total. The quantitative estimate of drug-likeness (QED) is 0.859. The second kappa shape index (κ2) is 6.99. The van der Waals surface area contributed by atoms with Crippen LogP contribution >= 0.6 is 24.0 Å². The first kappa shape index (κ1) is 14.5. The highest BCUT2D eigenvalue weighted by Gasteiger charge is 2.15. The van der Waals surface area contributed by atoms with Crippen molar-refractivity contribution in [3.8, 4) is 0 Å². The third-order valence-corrected chi connectivity index (χ3v) is 3.07. The second-order valence-corrected chi connectivity index (χ2v) is 4.59. The van der Waals surface area contributed by atoms with Gasteiger partial charge in [0.2, 0.25) is 5.95 Å². The molecule has 2 heterocycles. The number of aromatic nitrogens is 2. The van der Waals surface area contributed by atoms with Gasteiger partial charge in [0.15, 0.2) is 0 Å². The highest BCUT2D eigenvalue weighted by atomic mass is 35.5. The largest absolute Gasteiger partial charge is 0.342 e. The molecule has 0 bridgehead atoms. The lowest BCUT2D eigenvalue weighted by molar-refractivity contribution is 0.402. The van der Waals surface area contributed by atoms with E-state index >= 15 is 0 Å². The van der Waals surface area contributed by atoms with Crippen LogP contribution in [0.2, 0.25) is 5.15 Å². The molecule has 1 atom stereocenters. The van der Waals surface area contributed by atoms with Crippen LogP contribution in [0.15, 0.2) is 12.3 Å². The molecule has 6 heteroatoms. The molecule has 4 nitrogen and oxygen atoms in total. The molecule has 0 radical (unpaired) electrons. The highest BCUT2D eigenvalue weighted by molar-refractivity contribution is 6.29. The van der Waals surface area contributed by atoms with Crippen molar-refractivity contribution < 1.29 is 0 Å². The third-order valence-electron chi connectivity index (χ3n) is 2.86. The van der Waals surface area contributed by atoms with Crippen molar-refractivity contribution in [2.75, 3.05) is 25.0 Å². The summed E-state index contributed by atoms with van der Waals surface area (Å²) in [5.41, 5.74) is 0. The molecular weight excluding hydrogens is 259 g/mol. The molecular formula is C11H18Cl2N4. The van der Waals surface area contributed by atoms with Gasteiger partial charge in [0.1, 0.15) is 5.15 Å². The highest BCUT2D eigenvalue weighted by Crippen LogP contribution is 2.12. The van der Waals surface area contributed by atoms with Gasteiger partial charge in [-0.15, -0.1) is 12.4 Å². The number of hydrogen-bond acceptors (Lipinski definition) is 4. The topological polar surface area (TPSA) is 41.0 Å². The Morgan fingerprint density at radius 3 is 3.00 bits per heavy atom. The number of piperidine rings is 1. The van der Waals surface area contributed by atoms with Crippen LogP contribution < -0.4 is 10.2 Å². The fraction of sp³-hybridized carbons (Fsp3) is 0.636. The maximum absolute atomic E-state index is 5.84. The summed E-state index contributed by atoms with van der Waals surface area (Å²) in [5, 5.41) is 4.00. The molecule has 17 heavy (non-hydrogen) atoms. The molecule has 1 fully saturated rings. The first-order chi connectivity index (χ1) is 7.75. The van der Waals surface area contributed by atoms with Crippen molar-refractivity contribution in [2.24, 2.45) is 0 Å². The van der Waals surface area contributed by atoms with E-state index in [2.05, 4.69) is 20.2 Å². The van der Waals surface area contributed by atoms with Gasteiger partial charge in [-0.2, -0.15) is 0 Å². The Kier molecular flexibility index (Phi) is 5.95. The van der Waals surface area contributed by atoms with E-state index in [4.69, 9.17) is 11.6 Å². The van der Waals surface area contributed by atoms with E-state index < -0.39 is 0 Å². The van der Waals surface area contributed by atoms with Gasteiger partial charge in [0.05, 0.1) is 0 Å². The van der Waals surface area contributed by atoms with E-state index in [0.717, 1.165) is 13.1 Å². The number of likely N-dealkylation sites (N-methyl/N-ethyl adjacent to an activating group) is 1. The minimum absolute atomic E-state index is 0. The summed E-state index contributed by atoms with van der Waals surface area (Å²) in [6.07, 6.45) is 5.51. The first-order valence-electron chi connectivity index (χ1n) is 5.69. The molecule has 1 aliphatic heterocycles. The SMILES string of the molecule is CN(CC1CCCCN1)c1nccc(Cl)n1.Cl. The van der Waals surface area contributed by atoms with Crippen LogP contribution in [0.3, 0.4) is 0 Å². The van der Waals surface area contributed by atoms with Gasteiger partial charge in [0, 0.05) is 25.8 Å². The number of anilines is 1. The Balaban J connectivity index is 0.00000144. The Hall–Kier alpha value is -0.580. The lowest BCUT2D eigenvalue weighted by atomic mass is 10.0. The standard InChI is InChI=1S/C11H17ClN4.ClH/c1-16(8-9-4-2-3-6-13-9)11-14-7-5-10(12)15-11;/h5,7,9,13H,2-4,6,8H2,1H3;1H. The van der Waals surface area contributed by atoms with Gasteiger partial charge in [-0.05, 0) is 25.5 Å². The van der Waals surface area contributed by atoms with Crippen LogP contribution in [-0.4, -0.2) is 36.1 Å². The molecule has 0 aromatic carbocycles. The predicted octanol–water partition coefficient (Wildman–Crippen LogP) is 2.13.